The van der Waals surface area contributed by atoms with E-state index >= 15 is 0 Å². The molecule has 25 heavy (non-hydrogen) atoms. The topological polar surface area (TPSA) is 123 Å². The fourth-order valence-electron chi connectivity index (χ4n) is 2.59. The summed E-state index contributed by atoms with van der Waals surface area (Å²) in [6.45, 7) is 4.54. The molecule has 0 saturated carbocycles. The number of hydrogen-bond donors (Lipinski definition) is 0. The summed E-state index contributed by atoms with van der Waals surface area (Å²) in [5, 5.41) is 15.7. The van der Waals surface area contributed by atoms with Crippen molar-refractivity contribution in [3.05, 3.63) is 15.8 Å². The van der Waals surface area contributed by atoms with Gasteiger partial charge in [-0.15, -0.1) is 5.10 Å². The molecule has 0 aromatic carbocycles. The SMILES string of the molecule is Cc1c([N+](=O)[O-])c(OC[C@H](C)COS(C)(=O)=O)nn1C1CCOCC1. The molecule has 1 aliphatic heterocycles. The van der Waals surface area contributed by atoms with E-state index in [1.54, 1.807) is 18.5 Å². The van der Waals surface area contributed by atoms with Crippen LogP contribution in [0.4, 0.5) is 5.69 Å². The molecule has 1 aromatic heterocycles. The third-order valence-corrected chi connectivity index (χ3v) is 4.44. The van der Waals surface area contributed by atoms with Gasteiger partial charge >= 0.3 is 11.6 Å². The third-order valence-electron chi connectivity index (χ3n) is 3.88. The van der Waals surface area contributed by atoms with Gasteiger partial charge < -0.3 is 9.47 Å². The van der Waals surface area contributed by atoms with Crippen LogP contribution in [0, 0.1) is 23.0 Å². The van der Waals surface area contributed by atoms with Crippen LogP contribution < -0.4 is 4.74 Å². The Morgan fingerprint density at radius 1 is 1.40 bits per heavy atom. The summed E-state index contributed by atoms with van der Waals surface area (Å²) >= 11 is 0. The van der Waals surface area contributed by atoms with Crippen LogP contribution in [0.15, 0.2) is 0 Å². The van der Waals surface area contributed by atoms with Gasteiger partial charge in [0.05, 0.1) is 30.4 Å². The van der Waals surface area contributed by atoms with E-state index in [9.17, 15) is 18.5 Å². The number of rotatable bonds is 8. The molecular formula is C14H23N3O7S. The van der Waals surface area contributed by atoms with Crippen LogP contribution in [-0.2, 0) is 19.0 Å². The summed E-state index contributed by atoms with van der Waals surface area (Å²) in [4.78, 5) is 10.9. The van der Waals surface area contributed by atoms with Crippen LogP contribution in [0.1, 0.15) is 31.5 Å². The molecule has 0 bridgehead atoms. The van der Waals surface area contributed by atoms with Crippen molar-refractivity contribution >= 4 is 15.8 Å². The Bertz CT molecular complexity index is 710. The first-order chi connectivity index (χ1) is 11.7. The lowest BCUT2D eigenvalue weighted by atomic mass is 10.1. The van der Waals surface area contributed by atoms with E-state index in [0.717, 1.165) is 19.1 Å². The van der Waals surface area contributed by atoms with Gasteiger partial charge in [0.1, 0.15) is 5.69 Å². The van der Waals surface area contributed by atoms with E-state index in [1.165, 1.54) is 0 Å². The van der Waals surface area contributed by atoms with Crippen LogP contribution >= 0.6 is 0 Å². The molecule has 1 atom stereocenters. The highest BCUT2D eigenvalue weighted by Gasteiger charge is 2.30. The van der Waals surface area contributed by atoms with Crippen molar-refractivity contribution in [2.75, 3.05) is 32.7 Å². The maximum Gasteiger partial charge on any atom is 0.352 e. The molecule has 11 heteroatoms. The van der Waals surface area contributed by atoms with Gasteiger partial charge in [0, 0.05) is 19.1 Å². The standard InChI is InChI=1S/C14H23N3O7S/c1-10(9-24-25(3,20)21)8-23-14-13(17(18)19)11(2)16(15-14)12-4-6-22-7-5-12/h10,12H,4-9H2,1-3H3/t10-/m0/s1. The van der Waals surface area contributed by atoms with Crippen LogP contribution in [0.3, 0.4) is 0 Å². The smallest absolute Gasteiger partial charge is 0.352 e. The zero-order valence-electron chi connectivity index (χ0n) is 14.5. The van der Waals surface area contributed by atoms with Gasteiger partial charge in [-0.1, -0.05) is 6.92 Å². The second kappa shape index (κ2) is 8.11. The molecule has 2 rings (SSSR count). The molecule has 1 fully saturated rings. The van der Waals surface area contributed by atoms with E-state index in [0.29, 0.717) is 18.9 Å². The minimum absolute atomic E-state index is 0.0378. The Labute approximate surface area is 146 Å². The van der Waals surface area contributed by atoms with Crippen molar-refractivity contribution in [1.29, 1.82) is 0 Å². The maximum atomic E-state index is 11.4. The second-order valence-electron chi connectivity index (χ2n) is 6.19. The highest BCUT2D eigenvalue weighted by molar-refractivity contribution is 7.85. The van der Waals surface area contributed by atoms with E-state index in [2.05, 4.69) is 5.10 Å². The molecule has 1 aromatic rings. The van der Waals surface area contributed by atoms with Crippen LogP contribution in [-0.4, -0.2) is 55.8 Å². The molecule has 1 aliphatic rings. The minimum Gasteiger partial charge on any atom is -0.471 e. The molecule has 0 aliphatic carbocycles. The van der Waals surface area contributed by atoms with Gasteiger partial charge in [0.25, 0.3) is 10.1 Å². The molecule has 0 N–H and O–H groups in total. The number of nitrogens with zero attached hydrogens (tertiary/aromatic N) is 3. The van der Waals surface area contributed by atoms with Gasteiger partial charge in [-0.05, 0) is 19.8 Å². The van der Waals surface area contributed by atoms with Crippen molar-refractivity contribution in [3.63, 3.8) is 0 Å². The summed E-state index contributed by atoms with van der Waals surface area (Å²) in [6.07, 6.45) is 2.43. The predicted octanol–water partition coefficient (Wildman–Crippen LogP) is 1.44. The minimum atomic E-state index is -3.54. The van der Waals surface area contributed by atoms with Crippen LogP contribution in [0.25, 0.3) is 0 Å². The van der Waals surface area contributed by atoms with Crippen molar-refractivity contribution in [2.24, 2.45) is 5.92 Å². The Balaban J connectivity index is 2.09. The summed E-state index contributed by atoms with van der Waals surface area (Å²) in [5.41, 5.74) is 0.273. The molecule has 0 amide bonds. The van der Waals surface area contributed by atoms with Crippen LogP contribution in [0.5, 0.6) is 5.88 Å². The van der Waals surface area contributed by atoms with E-state index < -0.39 is 15.0 Å². The Hall–Kier alpha value is -1.72. The Morgan fingerprint density at radius 2 is 2.04 bits per heavy atom. The highest BCUT2D eigenvalue weighted by Crippen LogP contribution is 2.34. The lowest BCUT2D eigenvalue weighted by Gasteiger charge is -2.22. The van der Waals surface area contributed by atoms with Crippen molar-refractivity contribution in [3.8, 4) is 5.88 Å². The first-order valence-corrected chi connectivity index (χ1v) is 9.79. The molecule has 2 heterocycles. The fourth-order valence-corrected chi connectivity index (χ4v) is 3.06. The van der Waals surface area contributed by atoms with Gasteiger partial charge in [-0.3, -0.25) is 19.0 Å². The first-order valence-electron chi connectivity index (χ1n) is 7.97. The third kappa shape index (κ3) is 5.38. The second-order valence-corrected chi connectivity index (χ2v) is 7.83. The molecule has 0 radical (unpaired) electrons. The number of nitro groups is 1. The van der Waals surface area contributed by atoms with Gasteiger partial charge in [-0.2, -0.15) is 8.42 Å². The normalized spacial score (nSPS) is 17.4. The Morgan fingerprint density at radius 3 is 2.60 bits per heavy atom. The largest absolute Gasteiger partial charge is 0.471 e. The van der Waals surface area contributed by atoms with E-state index in [-0.39, 0.29) is 36.7 Å². The molecule has 0 unspecified atom stereocenters. The lowest BCUT2D eigenvalue weighted by Crippen LogP contribution is -2.21. The zero-order valence-corrected chi connectivity index (χ0v) is 15.3. The highest BCUT2D eigenvalue weighted by atomic mass is 32.2. The van der Waals surface area contributed by atoms with Gasteiger partial charge in [-0.25, -0.2) is 0 Å². The van der Waals surface area contributed by atoms with Gasteiger partial charge in [0.2, 0.25) is 0 Å². The quantitative estimate of drug-likeness (QED) is 0.379. The molecule has 0 spiro atoms. The number of ether oxygens (including phenoxy) is 2. The molecule has 10 nitrogen and oxygen atoms in total. The van der Waals surface area contributed by atoms with Crippen molar-refractivity contribution in [1.82, 2.24) is 9.78 Å². The summed E-state index contributed by atoms with van der Waals surface area (Å²) < 4.78 is 39.1. The van der Waals surface area contributed by atoms with Gasteiger partial charge in [0.15, 0.2) is 0 Å². The summed E-state index contributed by atoms with van der Waals surface area (Å²) in [5.74, 6) is -0.330. The summed E-state index contributed by atoms with van der Waals surface area (Å²) in [7, 11) is -3.54. The van der Waals surface area contributed by atoms with E-state index in [1.807, 2.05) is 0 Å². The predicted molar refractivity (Wildman–Crippen MR) is 88.2 cm³/mol. The number of hydrogen-bond acceptors (Lipinski definition) is 8. The molecule has 1 saturated heterocycles. The monoisotopic (exact) mass is 377 g/mol. The molecule has 142 valence electrons. The zero-order chi connectivity index (χ0) is 18.6. The lowest BCUT2D eigenvalue weighted by molar-refractivity contribution is -0.386. The van der Waals surface area contributed by atoms with Crippen molar-refractivity contribution in [2.45, 2.75) is 32.7 Å². The average molecular weight is 377 g/mol. The fraction of sp³-hybridized carbons (Fsp3) is 0.786. The molecular weight excluding hydrogens is 354 g/mol. The summed E-state index contributed by atoms with van der Waals surface area (Å²) in [6, 6.07) is 0.0378. The maximum absolute atomic E-state index is 11.4. The first kappa shape index (κ1) is 19.6. The average Bonchev–Trinajstić information content (AvgIpc) is 2.88. The van der Waals surface area contributed by atoms with Crippen molar-refractivity contribution < 1.29 is 27.0 Å². The number of aromatic nitrogens is 2. The van der Waals surface area contributed by atoms with E-state index in [4.69, 9.17) is 13.7 Å². The Kier molecular flexibility index (Phi) is 6.36. The van der Waals surface area contributed by atoms with Crippen LogP contribution in [0.2, 0.25) is 0 Å².